The van der Waals surface area contributed by atoms with E-state index in [9.17, 15) is 0 Å². The molecular weight excluding hydrogens is 184 g/mol. The lowest BCUT2D eigenvalue weighted by atomic mass is 10.1. The van der Waals surface area contributed by atoms with Crippen LogP contribution in [-0.2, 0) is 4.74 Å². The van der Waals surface area contributed by atoms with Crippen LogP contribution >= 0.6 is 11.8 Å². The molecule has 2 aliphatic heterocycles. The van der Waals surface area contributed by atoms with Crippen LogP contribution in [0, 0.1) is 5.92 Å². The Morgan fingerprint density at radius 2 is 2.62 bits per heavy atom. The van der Waals surface area contributed by atoms with Crippen molar-refractivity contribution in [3.05, 3.63) is 0 Å². The summed E-state index contributed by atoms with van der Waals surface area (Å²) in [6.07, 6.45) is 2.42. The maximum atomic E-state index is 5.31. The van der Waals surface area contributed by atoms with Crippen molar-refractivity contribution in [1.29, 1.82) is 0 Å². The van der Waals surface area contributed by atoms with Gasteiger partial charge in [-0.05, 0) is 12.8 Å². The predicted octanol–water partition coefficient (Wildman–Crippen LogP) is 1.11. The lowest BCUT2D eigenvalue weighted by molar-refractivity contribution is 0.186. The third-order valence-corrected chi connectivity index (χ3v) is 3.40. The van der Waals surface area contributed by atoms with Crippen LogP contribution in [0.1, 0.15) is 12.8 Å². The normalized spacial score (nSPS) is 28.6. The summed E-state index contributed by atoms with van der Waals surface area (Å²) >= 11 is 1.84. The van der Waals surface area contributed by atoms with E-state index in [2.05, 4.69) is 10.3 Å². The first kappa shape index (κ1) is 9.34. The molecule has 0 spiro atoms. The molecular formula is C9H16N2OS. The standard InChI is InChI=1S/C9H16N2OS/c1-3-10-9(13-5-1)11-6-8-2-4-12-7-8/h8H,1-7H2,(H,10,11). The second-order valence-electron chi connectivity index (χ2n) is 3.50. The molecule has 2 aliphatic rings. The molecule has 2 rings (SSSR count). The van der Waals surface area contributed by atoms with Gasteiger partial charge in [0.1, 0.15) is 0 Å². The van der Waals surface area contributed by atoms with E-state index in [4.69, 9.17) is 4.74 Å². The van der Waals surface area contributed by atoms with Crippen LogP contribution in [0.4, 0.5) is 0 Å². The first-order chi connectivity index (χ1) is 6.45. The van der Waals surface area contributed by atoms with Crippen molar-refractivity contribution in [3.63, 3.8) is 0 Å². The summed E-state index contributed by atoms with van der Waals surface area (Å²) in [6, 6.07) is 0. The molecule has 0 bridgehead atoms. The molecule has 0 aromatic rings. The number of aliphatic imine (C=N–C) groups is 1. The van der Waals surface area contributed by atoms with E-state index in [1.54, 1.807) is 0 Å². The van der Waals surface area contributed by atoms with E-state index < -0.39 is 0 Å². The zero-order chi connectivity index (χ0) is 8.93. The van der Waals surface area contributed by atoms with Crippen molar-refractivity contribution >= 4 is 16.9 Å². The minimum absolute atomic E-state index is 0.699. The van der Waals surface area contributed by atoms with Gasteiger partial charge < -0.3 is 10.1 Å². The summed E-state index contributed by atoms with van der Waals surface area (Å²) in [5, 5.41) is 4.53. The van der Waals surface area contributed by atoms with E-state index in [0.29, 0.717) is 5.92 Å². The van der Waals surface area contributed by atoms with Crippen molar-refractivity contribution in [2.24, 2.45) is 10.9 Å². The van der Waals surface area contributed by atoms with Gasteiger partial charge >= 0.3 is 0 Å². The Bertz CT molecular complexity index is 190. The lowest BCUT2D eigenvalue weighted by Crippen LogP contribution is -2.29. The Labute approximate surface area is 83.3 Å². The van der Waals surface area contributed by atoms with Gasteiger partial charge in [0.15, 0.2) is 5.17 Å². The first-order valence-corrected chi connectivity index (χ1v) is 5.92. The Morgan fingerprint density at radius 1 is 1.62 bits per heavy atom. The summed E-state index contributed by atoms with van der Waals surface area (Å²) < 4.78 is 5.31. The molecule has 3 nitrogen and oxygen atoms in total. The van der Waals surface area contributed by atoms with Gasteiger partial charge in [0.25, 0.3) is 0 Å². The average Bonchev–Trinajstić information content (AvgIpc) is 2.69. The number of rotatable bonds is 2. The van der Waals surface area contributed by atoms with Crippen LogP contribution in [0.2, 0.25) is 0 Å². The monoisotopic (exact) mass is 200 g/mol. The maximum Gasteiger partial charge on any atom is 0.156 e. The molecule has 0 saturated carbocycles. The molecule has 1 unspecified atom stereocenters. The number of hydrogen-bond acceptors (Lipinski definition) is 4. The SMILES string of the molecule is C1CN=C(NCC2CCOC2)SC1. The smallest absolute Gasteiger partial charge is 0.156 e. The van der Waals surface area contributed by atoms with Crippen molar-refractivity contribution in [2.45, 2.75) is 12.8 Å². The highest BCUT2D eigenvalue weighted by molar-refractivity contribution is 8.13. The van der Waals surface area contributed by atoms with E-state index in [0.717, 1.165) is 31.5 Å². The fourth-order valence-corrected chi connectivity index (χ4v) is 2.38. The van der Waals surface area contributed by atoms with Crippen LogP contribution in [0.5, 0.6) is 0 Å². The molecule has 0 aromatic heterocycles. The third-order valence-electron chi connectivity index (χ3n) is 2.36. The molecule has 0 aliphatic carbocycles. The minimum Gasteiger partial charge on any atom is -0.381 e. The van der Waals surface area contributed by atoms with E-state index in [1.165, 1.54) is 18.6 Å². The largest absolute Gasteiger partial charge is 0.381 e. The Morgan fingerprint density at radius 3 is 3.31 bits per heavy atom. The van der Waals surface area contributed by atoms with Crippen LogP contribution in [0.3, 0.4) is 0 Å². The molecule has 1 saturated heterocycles. The van der Waals surface area contributed by atoms with Crippen molar-refractivity contribution in [3.8, 4) is 0 Å². The maximum absolute atomic E-state index is 5.31. The molecule has 0 aromatic carbocycles. The lowest BCUT2D eigenvalue weighted by Gasteiger charge is -2.15. The van der Waals surface area contributed by atoms with Crippen molar-refractivity contribution in [2.75, 3.05) is 32.1 Å². The van der Waals surface area contributed by atoms with Crippen LogP contribution in [-0.4, -0.2) is 37.2 Å². The van der Waals surface area contributed by atoms with Gasteiger partial charge in [-0.2, -0.15) is 0 Å². The molecule has 4 heteroatoms. The average molecular weight is 200 g/mol. The number of amidine groups is 1. The predicted molar refractivity (Wildman–Crippen MR) is 56.3 cm³/mol. The zero-order valence-electron chi connectivity index (χ0n) is 7.79. The van der Waals surface area contributed by atoms with Crippen LogP contribution in [0.15, 0.2) is 4.99 Å². The summed E-state index contributed by atoms with van der Waals surface area (Å²) in [6.45, 7) is 3.89. The van der Waals surface area contributed by atoms with Crippen molar-refractivity contribution in [1.82, 2.24) is 5.32 Å². The number of nitrogens with zero attached hydrogens (tertiary/aromatic N) is 1. The summed E-state index contributed by atoms with van der Waals surface area (Å²) in [5.41, 5.74) is 0. The van der Waals surface area contributed by atoms with Crippen LogP contribution < -0.4 is 5.32 Å². The number of hydrogen-bond donors (Lipinski definition) is 1. The number of nitrogens with one attached hydrogen (secondary N) is 1. The Kier molecular flexibility index (Phi) is 3.49. The molecule has 1 fully saturated rings. The first-order valence-electron chi connectivity index (χ1n) is 4.94. The molecule has 13 heavy (non-hydrogen) atoms. The Hall–Kier alpha value is -0.220. The summed E-state index contributed by atoms with van der Waals surface area (Å²) in [5.74, 6) is 1.91. The zero-order valence-corrected chi connectivity index (χ0v) is 8.61. The fourth-order valence-electron chi connectivity index (χ4n) is 1.54. The molecule has 1 atom stereocenters. The van der Waals surface area contributed by atoms with E-state index >= 15 is 0 Å². The van der Waals surface area contributed by atoms with Gasteiger partial charge in [0.2, 0.25) is 0 Å². The number of ether oxygens (including phenoxy) is 1. The van der Waals surface area contributed by atoms with Gasteiger partial charge in [-0.25, -0.2) is 0 Å². The second kappa shape index (κ2) is 4.86. The van der Waals surface area contributed by atoms with E-state index in [-0.39, 0.29) is 0 Å². The molecule has 2 heterocycles. The van der Waals surface area contributed by atoms with Gasteiger partial charge in [0.05, 0.1) is 6.61 Å². The van der Waals surface area contributed by atoms with E-state index in [1.807, 2.05) is 11.8 Å². The van der Waals surface area contributed by atoms with Crippen molar-refractivity contribution < 1.29 is 4.74 Å². The highest BCUT2D eigenvalue weighted by Crippen LogP contribution is 2.13. The molecule has 1 N–H and O–H groups in total. The van der Waals surface area contributed by atoms with Gasteiger partial charge in [-0.1, -0.05) is 11.8 Å². The summed E-state index contributed by atoms with van der Waals surface area (Å²) in [4.78, 5) is 4.42. The summed E-state index contributed by atoms with van der Waals surface area (Å²) in [7, 11) is 0. The molecule has 0 radical (unpaired) electrons. The molecule has 0 amide bonds. The highest BCUT2D eigenvalue weighted by atomic mass is 32.2. The van der Waals surface area contributed by atoms with Gasteiger partial charge in [0, 0.05) is 31.4 Å². The van der Waals surface area contributed by atoms with Gasteiger partial charge in [-0.3, -0.25) is 4.99 Å². The second-order valence-corrected chi connectivity index (χ2v) is 4.58. The Balaban J connectivity index is 1.68. The highest BCUT2D eigenvalue weighted by Gasteiger charge is 2.16. The molecule has 74 valence electrons. The topological polar surface area (TPSA) is 33.6 Å². The minimum atomic E-state index is 0.699. The van der Waals surface area contributed by atoms with Gasteiger partial charge in [-0.15, -0.1) is 0 Å². The quantitative estimate of drug-likeness (QED) is 0.725. The third kappa shape index (κ3) is 2.88. The van der Waals surface area contributed by atoms with Crippen LogP contribution in [0.25, 0.3) is 0 Å². The number of thioether (sulfide) groups is 1. The fraction of sp³-hybridized carbons (Fsp3) is 0.889.